The Hall–Kier alpha value is -1.63. The maximum Gasteiger partial charge on any atom is 0.123 e. The van der Waals surface area contributed by atoms with Gasteiger partial charge in [0.1, 0.15) is 6.04 Å². The molecule has 0 aliphatic carbocycles. The average Bonchev–Trinajstić information content (AvgIpc) is 2.34. The van der Waals surface area contributed by atoms with Crippen LogP contribution in [0.15, 0.2) is 30.5 Å². The Labute approximate surface area is 98.7 Å². The quantitative estimate of drug-likeness (QED) is 0.865. The largest absolute Gasteiger partial charge is 0.301 e. The van der Waals surface area contributed by atoms with Gasteiger partial charge < -0.3 is 5.32 Å². The van der Waals surface area contributed by atoms with Crippen molar-refractivity contribution in [1.29, 1.82) is 5.26 Å². The Kier molecular flexibility index (Phi) is 3.04. The zero-order valence-corrected chi connectivity index (χ0v) is 9.49. The van der Waals surface area contributed by atoms with Gasteiger partial charge in [-0.05, 0) is 25.2 Å². The highest BCUT2D eigenvalue weighted by Crippen LogP contribution is 2.27. The van der Waals surface area contributed by atoms with E-state index in [2.05, 4.69) is 16.4 Å². The predicted molar refractivity (Wildman–Crippen MR) is 64.2 cm³/mol. The molecule has 16 heavy (non-hydrogen) atoms. The van der Waals surface area contributed by atoms with E-state index < -0.39 is 0 Å². The van der Waals surface area contributed by atoms with Crippen LogP contribution in [0.2, 0.25) is 5.02 Å². The van der Waals surface area contributed by atoms with Crippen molar-refractivity contribution in [2.75, 3.05) is 7.05 Å². The van der Waals surface area contributed by atoms with Crippen LogP contribution >= 0.6 is 11.6 Å². The molecule has 0 radical (unpaired) electrons. The molecule has 0 amide bonds. The van der Waals surface area contributed by atoms with Gasteiger partial charge in [0.15, 0.2) is 0 Å². The summed E-state index contributed by atoms with van der Waals surface area (Å²) in [7, 11) is 1.75. The molecule has 1 heterocycles. The lowest BCUT2D eigenvalue weighted by molar-refractivity contribution is 0.731. The normalized spacial score (nSPS) is 12.3. The minimum absolute atomic E-state index is 0.366. The minimum Gasteiger partial charge on any atom is -0.301 e. The van der Waals surface area contributed by atoms with E-state index in [1.165, 1.54) is 0 Å². The summed E-state index contributed by atoms with van der Waals surface area (Å²) in [6.45, 7) is 0. The van der Waals surface area contributed by atoms with Crippen molar-refractivity contribution >= 4 is 22.5 Å². The molecule has 0 aliphatic heterocycles. The number of benzene rings is 1. The molecule has 0 spiro atoms. The van der Waals surface area contributed by atoms with Crippen molar-refractivity contribution < 1.29 is 0 Å². The summed E-state index contributed by atoms with van der Waals surface area (Å²) in [6.07, 6.45) is 1.70. The summed E-state index contributed by atoms with van der Waals surface area (Å²) in [5.41, 5.74) is 1.63. The van der Waals surface area contributed by atoms with Crippen LogP contribution in [0.25, 0.3) is 10.9 Å². The van der Waals surface area contributed by atoms with Gasteiger partial charge in [-0.2, -0.15) is 5.26 Å². The van der Waals surface area contributed by atoms with Crippen molar-refractivity contribution in [3.63, 3.8) is 0 Å². The van der Waals surface area contributed by atoms with Crippen LogP contribution in [0.4, 0.5) is 0 Å². The smallest absolute Gasteiger partial charge is 0.123 e. The van der Waals surface area contributed by atoms with E-state index in [9.17, 15) is 0 Å². The molecule has 1 aromatic heterocycles. The number of hydrogen-bond donors (Lipinski definition) is 1. The molecule has 4 heteroatoms. The van der Waals surface area contributed by atoms with Crippen LogP contribution in [0.3, 0.4) is 0 Å². The molecule has 1 N–H and O–H groups in total. The second kappa shape index (κ2) is 4.48. The first-order valence-electron chi connectivity index (χ1n) is 4.88. The topological polar surface area (TPSA) is 48.7 Å². The number of pyridine rings is 1. The molecular formula is C12H10ClN3. The van der Waals surface area contributed by atoms with Crippen LogP contribution in [0.5, 0.6) is 0 Å². The van der Waals surface area contributed by atoms with E-state index in [1.54, 1.807) is 19.3 Å². The van der Waals surface area contributed by atoms with Crippen molar-refractivity contribution in [3.8, 4) is 6.07 Å². The molecule has 1 aromatic carbocycles. The average molecular weight is 232 g/mol. The van der Waals surface area contributed by atoms with Crippen LogP contribution in [-0.2, 0) is 0 Å². The highest BCUT2D eigenvalue weighted by Gasteiger charge is 2.13. The van der Waals surface area contributed by atoms with Gasteiger partial charge in [-0.1, -0.05) is 17.7 Å². The van der Waals surface area contributed by atoms with Crippen LogP contribution in [0.1, 0.15) is 11.6 Å². The van der Waals surface area contributed by atoms with E-state index >= 15 is 0 Å². The molecule has 0 saturated heterocycles. The van der Waals surface area contributed by atoms with E-state index in [-0.39, 0.29) is 6.04 Å². The van der Waals surface area contributed by atoms with Gasteiger partial charge >= 0.3 is 0 Å². The molecule has 80 valence electrons. The first-order chi connectivity index (χ1) is 7.77. The van der Waals surface area contributed by atoms with Crippen LogP contribution in [-0.4, -0.2) is 12.0 Å². The van der Waals surface area contributed by atoms with Gasteiger partial charge in [-0.3, -0.25) is 4.98 Å². The molecule has 0 fully saturated rings. The number of nitriles is 1. The van der Waals surface area contributed by atoms with Crippen molar-refractivity contribution in [2.24, 2.45) is 0 Å². The summed E-state index contributed by atoms with van der Waals surface area (Å²) in [6, 6.07) is 9.18. The molecule has 1 unspecified atom stereocenters. The van der Waals surface area contributed by atoms with E-state index in [0.29, 0.717) is 5.02 Å². The molecular weight excluding hydrogens is 222 g/mol. The number of nitrogens with zero attached hydrogens (tertiary/aromatic N) is 2. The third-order valence-corrected chi connectivity index (χ3v) is 2.81. The fraction of sp³-hybridized carbons (Fsp3) is 0.167. The highest BCUT2D eigenvalue weighted by molar-refractivity contribution is 6.35. The third kappa shape index (κ3) is 1.73. The van der Waals surface area contributed by atoms with Gasteiger partial charge in [0, 0.05) is 22.2 Å². The Morgan fingerprint density at radius 2 is 2.25 bits per heavy atom. The lowest BCUT2D eigenvalue weighted by Gasteiger charge is -2.11. The summed E-state index contributed by atoms with van der Waals surface area (Å²) >= 11 is 6.08. The Bertz CT molecular complexity index is 560. The zero-order chi connectivity index (χ0) is 11.5. The minimum atomic E-state index is -0.366. The maximum absolute atomic E-state index is 9.03. The molecule has 2 aromatic rings. The fourth-order valence-corrected chi connectivity index (χ4v) is 1.90. The Morgan fingerprint density at radius 1 is 1.44 bits per heavy atom. The molecule has 2 rings (SSSR count). The molecule has 0 bridgehead atoms. The molecule has 0 aliphatic rings. The van der Waals surface area contributed by atoms with Gasteiger partial charge in [-0.15, -0.1) is 0 Å². The second-order valence-corrected chi connectivity index (χ2v) is 3.79. The summed E-state index contributed by atoms with van der Waals surface area (Å²) in [4.78, 5) is 4.28. The summed E-state index contributed by atoms with van der Waals surface area (Å²) < 4.78 is 0. The highest BCUT2D eigenvalue weighted by atomic mass is 35.5. The SMILES string of the molecule is CNC(C#N)c1ccc(Cl)c2cccnc12. The first kappa shape index (κ1) is 10.9. The Morgan fingerprint density at radius 3 is 2.94 bits per heavy atom. The molecule has 3 nitrogen and oxygen atoms in total. The fourth-order valence-electron chi connectivity index (χ4n) is 1.68. The van der Waals surface area contributed by atoms with E-state index in [0.717, 1.165) is 16.5 Å². The second-order valence-electron chi connectivity index (χ2n) is 3.39. The maximum atomic E-state index is 9.03. The number of aromatic nitrogens is 1. The molecule has 0 saturated carbocycles. The third-order valence-electron chi connectivity index (χ3n) is 2.48. The van der Waals surface area contributed by atoms with Crippen molar-refractivity contribution in [1.82, 2.24) is 10.3 Å². The summed E-state index contributed by atoms with van der Waals surface area (Å²) in [5.74, 6) is 0. The lowest BCUT2D eigenvalue weighted by Crippen LogP contribution is -2.14. The standard InChI is InChI=1S/C12H10ClN3/c1-15-11(7-14)9-4-5-10(13)8-3-2-6-16-12(8)9/h2-6,11,15H,1H3. The van der Waals surface area contributed by atoms with Gasteiger partial charge in [-0.25, -0.2) is 0 Å². The summed E-state index contributed by atoms with van der Waals surface area (Å²) in [5, 5.41) is 13.5. The molecule has 1 atom stereocenters. The first-order valence-corrected chi connectivity index (χ1v) is 5.25. The van der Waals surface area contributed by atoms with Gasteiger partial charge in [0.25, 0.3) is 0 Å². The van der Waals surface area contributed by atoms with Crippen LogP contribution < -0.4 is 5.32 Å². The van der Waals surface area contributed by atoms with Crippen LogP contribution in [0, 0.1) is 11.3 Å². The monoisotopic (exact) mass is 231 g/mol. The van der Waals surface area contributed by atoms with E-state index in [1.807, 2.05) is 18.2 Å². The number of nitrogens with one attached hydrogen (secondary N) is 1. The number of fused-ring (bicyclic) bond motifs is 1. The predicted octanol–water partition coefficient (Wildman–Crippen LogP) is 2.67. The number of hydrogen-bond acceptors (Lipinski definition) is 3. The van der Waals surface area contributed by atoms with Crippen molar-refractivity contribution in [3.05, 3.63) is 41.0 Å². The zero-order valence-electron chi connectivity index (χ0n) is 8.74. The Balaban J connectivity index is 2.73. The van der Waals surface area contributed by atoms with Gasteiger partial charge in [0.05, 0.1) is 11.6 Å². The lowest BCUT2D eigenvalue weighted by atomic mass is 10.0. The van der Waals surface area contributed by atoms with Gasteiger partial charge in [0.2, 0.25) is 0 Å². The number of halogens is 1. The number of rotatable bonds is 2. The van der Waals surface area contributed by atoms with E-state index in [4.69, 9.17) is 16.9 Å². The van der Waals surface area contributed by atoms with Crippen molar-refractivity contribution in [2.45, 2.75) is 6.04 Å².